The third kappa shape index (κ3) is 5.16. The van der Waals surface area contributed by atoms with Gasteiger partial charge in [-0.3, -0.25) is 0 Å². The highest BCUT2D eigenvalue weighted by atomic mass is 17.3. The molecule has 8 aliphatic heterocycles. The van der Waals surface area contributed by atoms with Crippen LogP contribution in [-0.4, -0.2) is 66.8 Å². The van der Waals surface area contributed by atoms with Gasteiger partial charge in [0.15, 0.2) is 29.1 Å². The highest BCUT2D eigenvalue weighted by Gasteiger charge is 2.71. The summed E-state index contributed by atoms with van der Waals surface area (Å²) < 4.78 is 37.9. The van der Waals surface area contributed by atoms with E-state index in [2.05, 4.69) is 20.8 Å². The lowest BCUT2D eigenvalue weighted by Gasteiger charge is -2.62. The molecule has 2 spiro atoms. The minimum atomic E-state index is -0.814. The zero-order valence-electron chi connectivity index (χ0n) is 29.7. The van der Waals surface area contributed by atoms with Crippen LogP contribution in [-0.2, 0) is 48.0 Å². The molecule has 11 heteroatoms. The van der Waals surface area contributed by atoms with Gasteiger partial charge in [0.05, 0.1) is 19.5 Å². The Labute approximate surface area is 284 Å². The maximum atomic E-state index is 6.76. The molecule has 8 heterocycles. The molecule has 0 aromatic carbocycles. The topological polar surface area (TPSA) is 105 Å². The molecule has 0 amide bonds. The first kappa shape index (κ1) is 33.6. The van der Waals surface area contributed by atoms with Crippen LogP contribution in [0, 0.1) is 41.4 Å². The molecule has 0 radical (unpaired) electrons. The van der Waals surface area contributed by atoms with E-state index in [4.69, 9.17) is 53.0 Å². The van der Waals surface area contributed by atoms with Crippen LogP contribution >= 0.6 is 0 Å². The molecule has 11 nitrogen and oxygen atoms in total. The van der Waals surface area contributed by atoms with Crippen LogP contribution in [0.3, 0.4) is 0 Å². The molecule has 2 saturated carbocycles. The molecular weight excluding hydrogens is 618 g/mol. The molecule has 0 aromatic rings. The average molecular weight is 674 g/mol. The fourth-order valence-corrected chi connectivity index (χ4v) is 10.7. The lowest BCUT2D eigenvalue weighted by atomic mass is 9.57. The van der Waals surface area contributed by atoms with E-state index in [1.165, 1.54) is 0 Å². The van der Waals surface area contributed by atoms with Crippen molar-refractivity contribution < 1.29 is 48.0 Å². The fourth-order valence-electron chi connectivity index (χ4n) is 10.7. The number of aliphatic imine (C=N–C) groups is 1. The van der Waals surface area contributed by atoms with Crippen LogP contribution in [0.15, 0.2) is 29.0 Å². The van der Waals surface area contributed by atoms with Crippen molar-refractivity contribution >= 4 is 5.90 Å². The Morgan fingerprint density at radius 3 is 2.17 bits per heavy atom. The second-order valence-electron chi connectivity index (χ2n) is 16.5. The smallest absolute Gasteiger partial charge is 0.235 e. The van der Waals surface area contributed by atoms with Gasteiger partial charge in [0.2, 0.25) is 17.9 Å². The highest BCUT2D eigenvalue weighted by Crippen LogP contribution is 2.63. The van der Waals surface area contributed by atoms with Gasteiger partial charge in [-0.25, -0.2) is 24.5 Å². The molecule has 10 aliphatic rings. The van der Waals surface area contributed by atoms with Crippen LogP contribution in [0.5, 0.6) is 0 Å². The van der Waals surface area contributed by atoms with Crippen molar-refractivity contribution in [1.29, 1.82) is 0 Å². The Kier molecular flexibility index (Phi) is 8.40. The summed E-state index contributed by atoms with van der Waals surface area (Å²) >= 11 is 0. The summed E-state index contributed by atoms with van der Waals surface area (Å²) in [7, 11) is 0. The molecule has 0 aromatic heterocycles. The predicted molar refractivity (Wildman–Crippen MR) is 172 cm³/mol. The zero-order valence-corrected chi connectivity index (χ0v) is 29.7. The van der Waals surface area contributed by atoms with Crippen molar-refractivity contribution in [2.75, 3.05) is 19.8 Å². The van der Waals surface area contributed by atoms with Crippen molar-refractivity contribution in [3.05, 3.63) is 24.0 Å². The summed E-state index contributed by atoms with van der Waals surface area (Å²) in [6, 6.07) is 0. The Bertz CT molecular complexity index is 1340. The number of ether oxygens (including phenoxy) is 6. The Balaban J connectivity index is 0.863. The maximum absolute atomic E-state index is 6.76. The monoisotopic (exact) mass is 673 g/mol. The minimum absolute atomic E-state index is 0.0797. The molecular formula is C37H55NO10. The minimum Gasteiger partial charge on any atom is -0.477 e. The van der Waals surface area contributed by atoms with Gasteiger partial charge in [-0.1, -0.05) is 26.8 Å². The second kappa shape index (κ2) is 12.0. The van der Waals surface area contributed by atoms with Crippen molar-refractivity contribution in [3.8, 4) is 0 Å². The first-order valence-corrected chi connectivity index (χ1v) is 18.4. The van der Waals surface area contributed by atoms with Gasteiger partial charge in [0.1, 0.15) is 6.61 Å². The first-order valence-electron chi connectivity index (χ1n) is 18.4. The summed E-state index contributed by atoms with van der Waals surface area (Å²) in [6.45, 7) is 16.0. The molecule has 10 rings (SSSR count). The standard InChI is InChI=1S/C37H55NO10/c1-22-10-12-29-24(3)35(7,44-32-36(29)27(22)14-17-34(6,43-32)46-47-36)38-25(4)40-19-9-8-18-39-20-26-21-41-31-37-28(23(2)11-13-30(26)37)15-16-33(5,42-31)45-48-37/h8-9,21-24,27-32H,10-20H2,1-7H3/b9-8+,38-25-/t22-,23-,24-,27?,28?,29+,30+,31-,32+,33-,34+,35+,36-,37-/m1/s1. The summed E-state index contributed by atoms with van der Waals surface area (Å²) in [5, 5.41) is 0. The van der Waals surface area contributed by atoms with E-state index < -0.39 is 41.1 Å². The van der Waals surface area contributed by atoms with Gasteiger partial charge >= 0.3 is 0 Å². The van der Waals surface area contributed by atoms with Crippen molar-refractivity contribution in [1.82, 2.24) is 0 Å². The summed E-state index contributed by atoms with van der Waals surface area (Å²) in [6.07, 6.45) is 12.7. The van der Waals surface area contributed by atoms with Crippen molar-refractivity contribution in [3.63, 3.8) is 0 Å². The van der Waals surface area contributed by atoms with Crippen LogP contribution in [0.4, 0.5) is 0 Å². The van der Waals surface area contributed by atoms with E-state index in [0.717, 1.165) is 56.9 Å². The molecule has 48 heavy (non-hydrogen) atoms. The van der Waals surface area contributed by atoms with E-state index in [1.54, 1.807) is 0 Å². The van der Waals surface area contributed by atoms with Gasteiger partial charge < -0.3 is 28.4 Å². The molecule has 7 saturated heterocycles. The van der Waals surface area contributed by atoms with E-state index in [0.29, 0.717) is 49.4 Å². The number of hydrogen-bond acceptors (Lipinski definition) is 11. The second-order valence-corrected chi connectivity index (χ2v) is 16.5. The number of fused-ring (bicyclic) bond motifs is 4. The van der Waals surface area contributed by atoms with Gasteiger partial charge in [-0.15, -0.1) is 0 Å². The van der Waals surface area contributed by atoms with E-state index in [9.17, 15) is 0 Å². The lowest BCUT2D eigenvalue weighted by Crippen LogP contribution is -2.72. The Morgan fingerprint density at radius 1 is 0.771 bits per heavy atom. The molecule has 4 bridgehead atoms. The third-order valence-electron chi connectivity index (χ3n) is 13.5. The van der Waals surface area contributed by atoms with E-state index in [-0.39, 0.29) is 17.8 Å². The maximum Gasteiger partial charge on any atom is 0.235 e. The van der Waals surface area contributed by atoms with E-state index >= 15 is 0 Å². The number of hydrogen-bond donors (Lipinski definition) is 0. The van der Waals surface area contributed by atoms with Crippen LogP contribution in [0.1, 0.15) is 99.8 Å². The number of nitrogens with zero attached hydrogens (tertiary/aromatic N) is 1. The van der Waals surface area contributed by atoms with Crippen LogP contribution in [0.25, 0.3) is 0 Å². The summed E-state index contributed by atoms with van der Waals surface area (Å²) in [5.74, 6) is 1.07. The van der Waals surface area contributed by atoms with Gasteiger partial charge in [-0.2, -0.15) is 0 Å². The Morgan fingerprint density at radius 2 is 1.42 bits per heavy atom. The van der Waals surface area contributed by atoms with Gasteiger partial charge in [0.25, 0.3) is 0 Å². The lowest BCUT2D eigenvalue weighted by molar-refractivity contribution is -0.575. The van der Waals surface area contributed by atoms with Gasteiger partial charge in [0, 0.05) is 43.4 Å². The molecule has 2 aliphatic carbocycles. The predicted octanol–water partition coefficient (Wildman–Crippen LogP) is 6.72. The Hall–Kier alpha value is -1.57. The number of rotatable bonds is 7. The highest BCUT2D eigenvalue weighted by molar-refractivity contribution is 5.73. The largest absolute Gasteiger partial charge is 0.477 e. The normalized spacial score (nSPS) is 52.5. The van der Waals surface area contributed by atoms with Crippen LogP contribution in [0.2, 0.25) is 0 Å². The molecule has 14 atom stereocenters. The SMILES string of the molecule is C/C(=N/[C@@]1(C)O[C@@H]2O[C@]3(C)CCC4[C@H](C)CC[C@@H]([C@H]1C)[C@]42OO3)OC/C=C/COCC1=CO[C@@H]2O[C@@]3(C)CCC4[C@H](C)CC[C@@H]1[C@]42OO3. The van der Waals surface area contributed by atoms with E-state index in [1.807, 2.05) is 46.1 Å². The van der Waals surface area contributed by atoms with Crippen LogP contribution < -0.4 is 0 Å². The fraction of sp³-hybridized carbons (Fsp3) is 0.865. The molecule has 2 unspecified atom stereocenters. The quantitative estimate of drug-likeness (QED) is 0.0951. The average Bonchev–Trinajstić information content (AvgIpc) is 3.42. The summed E-state index contributed by atoms with van der Waals surface area (Å²) in [4.78, 5) is 29.4. The molecule has 0 N–H and O–H groups in total. The van der Waals surface area contributed by atoms with Crippen molar-refractivity contribution in [2.24, 2.45) is 46.4 Å². The summed E-state index contributed by atoms with van der Waals surface area (Å²) in [5.41, 5.74) is -0.956. The van der Waals surface area contributed by atoms with Gasteiger partial charge in [-0.05, 0) is 88.7 Å². The zero-order chi connectivity index (χ0) is 33.5. The van der Waals surface area contributed by atoms with Crippen molar-refractivity contribution in [2.45, 2.75) is 141 Å². The molecule has 268 valence electrons. The third-order valence-corrected chi connectivity index (χ3v) is 13.5. The first-order chi connectivity index (χ1) is 22.9. The molecule has 9 fully saturated rings.